The van der Waals surface area contributed by atoms with Gasteiger partial charge < -0.3 is 0 Å². The van der Waals surface area contributed by atoms with Crippen molar-refractivity contribution >= 4 is 33.2 Å². The van der Waals surface area contributed by atoms with Gasteiger partial charge in [0.2, 0.25) is 9.84 Å². The number of rotatable bonds is 5. The molecule has 1 unspecified atom stereocenters. The monoisotopic (exact) mass is 460 g/mol. The molecule has 1 saturated heterocycles. The van der Waals surface area contributed by atoms with Gasteiger partial charge in [-0.25, -0.2) is 8.42 Å². The van der Waals surface area contributed by atoms with Gasteiger partial charge in [-0.2, -0.15) is 0 Å². The lowest BCUT2D eigenvalue weighted by Crippen LogP contribution is -2.29. The Morgan fingerprint density at radius 3 is 2.39 bits per heavy atom. The van der Waals surface area contributed by atoms with Gasteiger partial charge in [-0.1, -0.05) is 66.7 Å². The number of aryl methyl sites for hydroxylation is 1. The van der Waals surface area contributed by atoms with E-state index in [1.807, 2.05) is 43.3 Å². The number of nitrogens with zero attached hydrogens (tertiary/aromatic N) is 2. The molecular weight excluding hydrogens is 440 g/mol. The number of anilines is 1. The fourth-order valence-corrected chi connectivity index (χ4v) is 5.58. The zero-order valence-electron chi connectivity index (χ0n) is 17.7. The second-order valence-electron chi connectivity index (χ2n) is 7.56. The number of non-ortho nitro benzene ring substituents is 1. The molecular formula is C25H20N2O5S. The van der Waals surface area contributed by atoms with Gasteiger partial charge in [-0.05, 0) is 41.8 Å². The first-order valence-corrected chi connectivity index (χ1v) is 11.7. The second kappa shape index (κ2) is 8.84. The number of nitro groups is 1. The number of hydrogen-bond donors (Lipinski definition) is 0. The van der Waals surface area contributed by atoms with Crippen molar-refractivity contribution in [2.75, 3.05) is 4.90 Å². The molecule has 0 saturated carbocycles. The lowest BCUT2D eigenvalue weighted by atomic mass is 10.1. The van der Waals surface area contributed by atoms with E-state index in [4.69, 9.17) is 0 Å². The van der Waals surface area contributed by atoms with Crippen LogP contribution < -0.4 is 4.90 Å². The average Bonchev–Trinajstić information content (AvgIpc) is 3.00. The predicted molar refractivity (Wildman–Crippen MR) is 127 cm³/mol. The third-order valence-corrected chi connectivity index (χ3v) is 7.24. The molecule has 0 spiro atoms. The van der Waals surface area contributed by atoms with E-state index in [0.717, 1.165) is 11.1 Å². The van der Waals surface area contributed by atoms with Gasteiger partial charge in [0.15, 0.2) is 5.37 Å². The van der Waals surface area contributed by atoms with Crippen molar-refractivity contribution in [3.63, 3.8) is 0 Å². The van der Waals surface area contributed by atoms with E-state index in [-0.39, 0.29) is 16.2 Å². The molecule has 0 bridgehead atoms. The van der Waals surface area contributed by atoms with Crippen LogP contribution in [0.15, 0.2) is 95.9 Å². The van der Waals surface area contributed by atoms with E-state index in [1.54, 1.807) is 24.3 Å². The van der Waals surface area contributed by atoms with Crippen LogP contribution in [0, 0.1) is 17.0 Å². The Bertz CT molecular complexity index is 1400. The molecule has 1 fully saturated rings. The SMILES string of the molecule is Cc1cccc(N2C(=O)/C(=C\C=C\c3ccccc3)S(=O)(=O)C2c2cccc([N+](=O)[O-])c2)c1. The first kappa shape index (κ1) is 22.2. The first-order chi connectivity index (χ1) is 15.8. The summed E-state index contributed by atoms with van der Waals surface area (Å²) >= 11 is 0. The topological polar surface area (TPSA) is 97.6 Å². The number of benzene rings is 3. The van der Waals surface area contributed by atoms with Gasteiger partial charge in [0.25, 0.3) is 11.6 Å². The number of carbonyl (C=O) groups excluding carboxylic acids is 1. The van der Waals surface area contributed by atoms with E-state index < -0.39 is 26.0 Å². The van der Waals surface area contributed by atoms with Crippen LogP contribution in [0.3, 0.4) is 0 Å². The van der Waals surface area contributed by atoms with Gasteiger partial charge in [-0.15, -0.1) is 0 Å². The highest BCUT2D eigenvalue weighted by Crippen LogP contribution is 2.43. The fourth-order valence-electron chi connectivity index (χ4n) is 3.73. The number of nitro benzene ring substituents is 1. The van der Waals surface area contributed by atoms with Crippen molar-refractivity contribution in [2.24, 2.45) is 0 Å². The summed E-state index contributed by atoms with van der Waals surface area (Å²) < 4.78 is 27.1. The molecule has 1 aliphatic rings. The number of carbonyl (C=O) groups is 1. The van der Waals surface area contributed by atoms with Gasteiger partial charge in [0.1, 0.15) is 4.91 Å². The Labute approximate surface area is 191 Å². The summed E-state index contributed by atoms with van der Waals surface area (Å²) in [5, 5.41) is 9.87. The summed E-state index contributed by atoms with van der Waals surface area (Å²) in [5.74, 6) is -0.685. The van der Waals surface area contributed by atoms with Crippen LogP contribution in [0.2, 0.25) is 0 Å². The number of allylic oxidation sites excluding steroid dienone is 2. The summed E-state index contributed by atoms with van der Waals surface area (Å²) in [6.07, 6.45) is 4.50. The highest BCUT2D eigenvalue weighted by Gasteiger charge is 2.50. The minimum Gasteiger partial charge on any atom is -0.286 e. The Morgan fingerprint density at radius 1 is 0.970 bits per heavy atom. The minimum absolute atomic E-state index is 0.148. The van der Waals surface area contributed by atoms with Crippen LogP contribution in [0.4, 0.5) is 11.4 Å². The summed E-state index contributed by atoms with van der Waals surface area (Å²) in [6, 6.07) is 21.6. The third kappa shape index (κ3) is 4.33. The highest BCUT2D eigenvalue weighted by atomic mass is 32.2. The van der Waals surface area contributed by atoms with E-state index in [1.165, 1.54) is 41.3 Å². The predicted octanol–water partition coefficient (Wildman–Crippen LogP) is 4.96. The normalized spacial score (nSPS) is 18.8. The van der Waals surface area contributed by atoms with Crippen molar-refractivity contribution in [1.29, 1.82) is 0 Å². The standard InChI is InChI=1S/C25H20N2O5S/c1-18-8-5-13-21(16-18)26-24(28)23(15-6-11-19-9-3-2-4-10-19)33(31,32)25(26)20-12-7-14-22(17-20)27(29)30/h2-17,25H,1H3/b11-6+,23-15+. The molecule has 33 heavy (non-hydrogen) atoms. The number of amides is 1. The maximum atomic E-state index is 13.6. The average molecular weight is 461 g/mol. The van der Waals surface area contributed by atoms with Crippen LogP contribution in [-0.2, 0) is 14.6 Å². The fraction of sp³-hybridized carbons (Fsp3) is 0.0800. The zero-order valence-corrected chi connectivity index (χ0v) is 18.5. The Morgan fingerprint density at radius 2 is 1.70 bits per heavy atom. The molecule has 3 aromatic rings. The van der Waals surface area contributed by atoms with E-state index in [9.17, 15) is 23.3 Å². The van der Waals surface area contributed by atoms with Gasteiger partial charge in [0.05, 0.1) is 4.92 Å². The first-order valence-electron chi connectivity index (χ1n) is 10.1. The quantitative estimate of drug-likeness (QED) is 0.304. The maximum absolute atomic E-state index is 13.6. The molecule has 7 nitrogen and oxygen atoms in total. The number of hydrogen-bond acceptors (Lipinski definition) is 5. The van der Waals surface area contributed by atoms with E-state index in [2.05, 4.69) is 0 Å². The molecule has 0 N–H and O–H groups in total. The van der Waals surface area contributed by atoms with E-state index >= 15 is 0 Å². The highest BCUT2D eigenvalue weighted by molar-refractivity contribution is 7.97. The molecule has 0 aromatic heterocycles. The Kier molecular flexibility index (Phi) is 5.93. The largest absolute Gasteiger partial charge is 0.286 e. The van der Waals surface area contributed by atoms with Gasteiger partial charge in [-0.3, -0.25) is 19.8 Å². The van der Waals surface area contributed by atoms with Crippen LogP contribution in [-0.4, -0.2) is 19.2 Å². The van der Waals surface area contributed by atoms with Crippen molar-refractivity contribution in [3.05, 3.63) is 123 Å². The molecule has 1 amide bonds. The summed E-state index contributed by atoms with van der Waals surface area (Å²) in [5.41, 5.74) is 1.99. The van der Waals surface area contributed by atoms with Crippen LogP contribution >= 0.6 is 0 Å². The van der Waals surface area contributed by atoms with Gasteiger partial charge in [0, 0.05) is 17.8 Å². The molecule has 1 aliphatic heterocycles. The second-order valence-corrected chi connectivity index (χ2v) is 9.54. The molecule has 3 aromatic carbocycles. The molecule has 8 heteroatoms. The summed E-state index contributed by atoms with van der Waals surface area (Å²) in [7, 11) is -4.17. The Balaban J connectivity index is 1.86. The van der Waals surface area contributed by atoms with Crippen LogP contribution in [0.5, 0.6) is 0 Å². The lowest BCUT2D eigenvalue weighted by molar-refractivity contribution is -0.384. The summed E-state index contributed by atoms with van der Waals surface area (Å²) in [4.78, 5) is 24.9. The van der Waals surface area contributed by atoms with Crippen LogP contribution in [0.25, 0.3) is 6.08 Å². The lowest BCUT2D eigenvalue weighted by Gasteiger charge is -2.23. The molecule has 1 atom stereocenters. The van der Waals surface area contributed by atoms with Crippen LogP contribution in [0.1, 0.15) is 22.1 Å². The number of sulfone groups is 1. The van der Waals surface area contributed by atoms with E-state index in [0.29, 0.717) is 5.69 Å². The minimum atomic E-state index is -4.17. The van der Waals surface area contributed by atoms with Gasteiger partial charge >= 0.3 is 0 Å². The molecule has 0 radical (unpaired) electrons. The molecule has 166 valence electrons. The molecule has 4 rings (SSSR count). The van der Waals surface area contributed by atoms with Crippen molar-refractivity contribution in [2.45, 2.75) is 12.3 Å². The molecule has 1 heterocycles. The third-order valence-electron chi connectivity index (χ3n) is 5.25. The Hall–Kier alpha value is -4.04. The van der Waals surface area contributed by atoms with Crippen molar-refractivity contribution in [3.8, 4) is 0 Å². The maximum Gasteiger partial charge on any atom is 0.271 e. The molecule has 0 aliphatic carbocycles. The van der Waals surface area contributed by atoms with Crippen molar-refractivity contribution in [1.82, 2.24) is 0 Å². The van der Waals surface area contributed by atoms with Crippen molar-refractivity contribution < 1.29 is 18.1 Å². The summed E-state index contributed by atoms with van der Waals surface area (Å²) in [6.45, 7) is 1.83. The smallest absolute Gasteiger partial charge is 0.271 e. The zero-order chi connectivity index (χ0) is 23.6.